The van der Waals surface area contributed by atoms with Crippen LogP contribution in [0.3, 0.4) is 0 Å². The molecule has 16 heavy (non-hydrogen) atoms. The van der Waals surface area contributed by atoms with Crippen molar-refractivity contribution < 1.29 is 9.90 Å². The molecule has 1 fully saturated rings. The van der Waals surface area contributed by atoms with Crippen molar-refractivity contribution in [3.05, 3.63) is 0 Å². The van der Waals surface area contributed by atoms with Crippen LogP contribution in [-0.2, 0) is 4.79 Å². The summed E-state index contributed by atoms with van der Waals surface area (Å²) in [6.07, 6.45) is 2.74. The quantitative estimate of drug-likeness (QED) is 0.538. The average Bonchev–Trinajstić information content (AvgIpc) is 2.31. The van der Waals surface area contributed by atoms with Crippen LogP contribution in [-0.4, -0.2) is 46.7 Å². The topological polar surface area (TPSA) is 52.6 Å². The Morgan fingerprint density at radius 2 is 1.94 bits per heavy atom. The lowest BCUT2D eigenvalue weighted by Gasteiger charge is -2.33. The van der Waals surface area contributed by atoms with E-state index in [0.717, 1.165) is 25.7 Å². The van der Waals surface area contributed by atoms with Gasteiger partial charge in [-0.3, -0.25) is 10.2 Å². The summed E-state index contributed by atoms with van der Waals surface area (Å²) in [5.41, 5.74) is -0.352. The lowest BCUT2D eigenvalue weighted by Crippen LogP contribution is -2.48. The first-order valence-corrected chi connectivity index (χ1v) is 5.97. The third-order valence-corrected chi connectivity index (χ3v) is 3.36. The molecule has 0 aromatic heterocycles. The number of nitrogens with zero attached hydrogens (tertiary/aromatic N) is 1. The molecule has 94 valence electrons. The van der Waals surface area contributed by atoms with Gasteiger partial charge in [0.05, 0.1) is 11.7 Å². The fourth-order valence-corrected chi connectivity index (χ4v) is 2.73. The minimum absolute atomic E-state index is 0.0961. The van der Waals surface area contributed by atoms with Crippen LogP contribution in [0.5, 0.6) is 0 Å². The van der Waals surface area contributed by atoms with Gasteiger partial charge in [-0.1, -0.05) is 0 Å². The summed E-state index contributed by atoms with van der Waals surface area (Å²) in [4.78, 5) is 13.4. The summed E-state index contributed by atoms with van der Waals surface area (Å²) in [7, 11) is 0. The van der Waals surface area contributed by atoms with Gasteiger partial charge in [0.1, 0.15) is 6.29 Å². The molecule has 0 aliphatic carbocycles. The van der Waals surface area contributed by atoms with Crippen LogP contribution < -0.4 is 5.32 Å². The molecule has 4 heteroatoms. The summed E-state index contributed by atoms with van der Waals surface area (Å²) >= 11 is 0. The van der Waals surface area contributed by atoms with Gasteiger partial charge in [0, 0.05) is 18.7 Å². The van der Waals surface area contributed by atoms with Gasteiger partial charge >= 0.3 is 0 Å². The van der Waals surface area contributed by atoms with Crippen LogP contribution in [0.4, 0.5) is 0 Å². The number of aliphatic hydroxyl groups is 1. The van der Waals surface area contributed by atoms with Gasteiger partial charge in [-0.05, 0) is 40.5 Å². The molecule has 1 rings (SSSR count). The standard InChI is InChI=1S/C12H24N2O2/c1-11(2)10(9-16)14(7-5-6-8-15)12(3,4)13-11/h9-10,13,15H,5-8H2,1-4H3. The molecule has 4 nitrogen and oxygen atoms in total. The van der Waals surface area contributed by atoms with E-state index in [2.05, 4.69) is 37.9 Å². The molecule has 1 unspecified atom stereocenters. The number of rotatable bonds is 5. The summed E-state index contributed by atoms with van der Waals surface area (Å²) in [5.74, 6) is 0. The highest BCUT2D eigenvalue weighted by molar-refractivity contribution is 5.61. The van der Waals surface area contributed by atoms with Crippen molar-refractivity contribution in [3.63, 3.8) is 0 Å². The number of carbonyl (C=O) groups is 1. The predicted octanol–water partition coefficient (Wildman–Crippen LogP) is 0.746. The second kappa shape index (κ2) is 4.82. The van der Waals surface area contributed by atoms with Crippen molar-refractivity contribution in [1.82, 2.24) is 10.2 Å². The molecule has 0 aromatic rings. The normalized spacial score (nSPS) is 28.2. The Morgan fingerprint density at radius 3 is 2.44 bits per heavy atom. The second-order valence-electron chi connectivity index (χ2n) is 5.61. The van der Waals surface area contributed by atoms with Crippen molar-refractivity contribution in [2.75, 3.05) is 13.2 Å². The number of carbonyl (C=O) groups excluding carboxylic acids is 1. The Bertz CT molecular complexity index is 251. The van der Waals surface area contributed by atoms with E-state index in [0.29, 0.717) is 0 Å². The van der Waals surface area contributed by atoms with Crippen molar-refractivity contribution in [2.45, 2.75) is 57.8 Å². The smallest absolute Gasteiger partial charge is 0.139 e. The zero-order chi connectivity index (χ0) is 12.4. The van der Waals surface area contributed by atoms with E-state index < -0.39 is 0 Å². The monoisotopic (exact) mass is 228 g/mol. The molecule has 0 aromatic carbocycles. The molecule has 0 radical (unpaired) electrons. The number of aliphatic hydroxyl groups excluding tert-OH is 1. The third kappa shape index (κ3) is 2.62. The molecule has 1 aliphatic rings. The summed E-state index contributed by atoms with van der Waals surface area (Å²) in [6.45, 7) is 9.36. The molecule has 0 amide bonds. The first-order valence-electron chi connectivity index (χ1n) is 5.97. The van der Waals surface area contributed by atoms with E-state index in [4.69, 9.17) is 5.11 Å². The molecule has 0 saturated carbocycles. The zero-order valence-corrected chi connectivity index (χ0v) is 10.8. The van der Waals surface area contributed by atoms with E-state index in [1.165, 1.54) is 0 Å². The number of nitrogens with one attached hydrogen (secondary N) is 1. The summed E-state index contributed by atoms with van der Waals surface area (Å²) in [6, 6.07) is -0.0961. The predicted molar refractivity (Wildman–Crippen MR) is 64.2 cm³/mol. The second-order valence-corrected chi connectivity index (χ2v) is 5.61. The summed E-state index contributed by atoms with van der Waals surface area (Å²) in [5, 5.41) is 12.3. The third-order valence-electron chi connectivity index (χ3n) is 3.36. The highest BCUT2D eigenvalue weighted by Gasteiger charge is 2.49. The van der Waals surface area contributed by atoms with E-state index in [1.807, 2.05) is 0 Å². The molecule has 2 N–H and O–H groups in total. The van der Waals surface area contributed by atoms with Crippen molar-refractivity contribution in [2.24, 2.45) is 0 Å². The summed E-state index contributed by atoms with van der Waals surface area (Å²) < 4.78 is 0. The van der Waals surface area contributed by atoms with Gasteiger partial charge < -0.3 is 9.90 Å². The molecule has 1 atom stereocenters. The van der Waals surface area contributed by atoms with Crippen LogP contribution in [0.25, 0.3) is 0 Å². The largest absolute Gasteiger partial charge is 0.396 e. The maximum absolute atomic E-state index is 11.2. The number of hydrogen-bond acceptors (Lipinski definition) is 4. The van der Waals surface area contributed by atoms with Crippen molar-refractivity contribution >= 4 is 6.29 Å². The van der Waals surface area contributed by atoms with E-state index in [-0.39, 0.29) is 23.9 Å². The number of unbranched alkanes of at least 4 members (excludes halogenated alkanes) is 1. The van der Waals surface area contributed by atoms with E-state index in [1.54, 1.807) is 0 Å². The Morgan fingerprint density at radius 1 is 1.31 bits per heavy atom. The van der Waals surface area contributed by atoms with Crippen LogP contribution in [0, 0.1) is 0 Å². The Hall–Kier alpha value is -0.450. The molecular formula is C12H24N2O2. The van der Waals surface area contributed by atoms with E-state index in [9.17, 15) is 4.79 Å². The minimum atomic E-state index is -0.190. The molecule has 1 heterocycles. The number of aldehydes is 1. The van der Waals surface area contributed by atoms with Gasteiger partial charge in [-0.15, -0.1) is 0 Å². The van der Waals surface area contributed by atoms with E-state index >= 15 is 0 Å². The van der Waals surface area contributed by atoms with Crippen LogP contribution >= 0.6 is 0 Å². The number of hydrogen-bond donors (Lipinski definition) is 2. The Labute approximate surface area is 98.0 Å². The van der Waals surface area contributed by atoms with Crippen molar-refractivity contribution in [3.8, 4) is 0 Å². The van der Waals surface area contributed by atoms with Crippen LogP contribution in [0.1, 0.15) is 40.5 Å². The van der Waals surface area contributed by atoms with Crippen molar-refractivity contribution in [1.29, 1.82) is 0 Å². The molecule has 1 saturated heterocycles. The van der Waals surface area contributed by atoms with Gasteiger partial charge in [-0.25, -0.2) is 0 Å². The van der Waals surface area contributed by atoms with Crippen LogP contribution in [0.15, 0.2) is 0 Å². The fourth-order valence-electron chi connectivity index (χ4n) is 2.73. The fraction of sp³-hybridized carbons (Fsp3) is 0.917. The average molecular weight is 228 g/mol. The van der Waals surface area contributed by atoms with Gasteiger partial charge in [-0.2, -0.15) is 0 Å². The SMILES string of the molecule is CC1(C)NC(C)(C)N(CCCCO)C1C=O. The zero-order valence-electron chi connectivity index (χ0n) is 10.8. The highest BCUT2D eigenvalue weighted by Crippen LogP contribution is 2.31. The first kappa shape index (κ1) is 13.6. The minimum Gasteiger partial charge on any atom is -0.396 e. The maximum atomic E-state index is 11.2. The Kier molecular flexibility index (Phi) is 4.10. The molecular weight excluding hydrogens is 204 g/mol. The molecule has 0 bridgehead atoms. The first-order chi connectivity index (χ1) is 7.35. The lowest BCUT2D eigenvalue weighted by atomic mass is 9.97. The van der Waals surface area contributed by atoms with Gasteiger partial charge in [0.2, 0.25) is 0 Å². The van der Waals surface area contributed by atoms with Gasteiger partial charge in [0.15, 0.2) is 0 Å². The maximum Gasteiger partial charge on any atom is 0.139 e. The molecule has 0 spiro atoms. The van der Waals surface area contributed by atoms with Gasteiger partial charge in [0.25, 0.3) is 0 Å². The highest BCUT2D eigenvalue weighted by atomic mass is 16.2. The lowest BCUT2D eigenvalue weighted by molar-refractivity contribution is -0.113. The molecule has 1 aliphatic heterocycles. The van der Waals surface area contributed by atoms with Crippen LogP contribution in [0.2, 0.25) is 0 Å². The Balaban J connectivity index is 2.74.